The molecule has 4 nitrogen and oxygen atoms in total. The van der Waals surface area contributed by atoms with Crippen LogP contribution in [0.1, 0.15) is 36.7 Å². The first kappa shape index (κ1) is 11.1. The van der Waals surface area contributed by atoms with E-state index in [9.17, 15) is 0 Å². The second kappa shape index (κ2) is 5.02. The van der Waals surface area contributed by atoms with Crippen molar-refractivity contribution in [1.82, 2.24) is 9.97 Å². The molecule has 0 saturated heterocycles. The summed E-state index contributed by atoms with van der Waals surface area (Å²) in [4.78, 5) is 8.48. The Kier molecular flexibility index (Phi) is 3.98. The number of nitrogens with zero attached hydrogens (tertiary/aromatic N) is 2. The van der Waals surface area contributed by atoms with Crippen LogP contribution in [0.25, 0.3) is 0 Å². The first-order chi connectivity index (χ1) is 6.71. The van der Waals surface area contributed by atoms with Crippen LogP contribution in [0.3, 0.4) is 0 Å². The second-order valence-electron chi connectivity index (χ2n) is 3.15. The molecule has 1 aromatic rings. The minimum Gasteiger partial charge on any atom is -0.390 e. The maximum atomic E-state index is 8.98. The number of hydrogen-bond donors (Lipinski definition) is 1. The van der Waals surface area contributed by atoms with Gasteiger partial charge in [0.05, 0.1) is 12.3 Å². The smallest absolute Gasteiger partial charge is 0.157 e. The fraction of sp³-hybridized carbons (Fsp3) is 0.600. The van der Waals surface area contributed by atoms with E-state index in [-0.39, 0.29) is 12.7 Å². The Hall–Kier alpha value is -1.00. The molecule has 1 aromatic heterocycles. The Labute approximate surface area is 84.0 Å². The van der Waals surface area contributed by atoms with Crippen LogP contribution in [0.2, 0.25) is 0 Å². The van der Waals surface area contributed by atoms with Gasteiger partial charge in [0.1, 0.15) is 6.10 Å². The van der Waals surface area contributed by atoms with E-state index in [4.69, 9.17) is 9.84 Å². The molecule has 0 aliphatic heterocycles. The van der Waals surface area contributed by atoms with Gasteiger partial charge in [0.25, 0.3) is 0 Å². The Morgan fingerprint density at radius 1 is 1.50 bits per heavy atom. The second-order valence-corrected chi connectivity index (χ2v) is 3.15. The van der Waals surface area contributed by atoms with Gasteiger partial charge in [-0.25, -0.2) is 9.97 Å². The zero-order valence-corrected chi connectivity index (χ0v) is 8.82. The molecule has 1 atom stereocenters. The predicted molar refractivity (Wildman–Crippen MR) is 52.7 cm³/mol. The topological polar surface area (TPSA) is 55.2 Å². The predicted octanol–water partition coefficient (Wildman–Crippen LogP) is 1.37. The van der Waals surface area contributed by atoms with Gasteiger partial charge in [0.2, 0.25) is 0 Å². The minimum absolute atomic E-state index is 0.0590. The summed E-state index contributed by atoms with van der Waals surface area (Å²) in [6, 6.07) is 1.77. The lowest BCUT2D eigenvalue weighted by Gasteiger charge is -2.12. The molecule has 1 rings (SSSR count). The number of aryl methyl sites for hydroxylation is 1. The summed E-state index contributed by atoms with van der Waals surface area (Å²) in [6.45, 7) is 3.84. The normalized spacial score (nSPS) is 12.9. The fourth-order valence-electron chi connectivity index (χ4n) is 1.34. The van der Waals surface area contributed by atoms with Gasteiger partial charge < -0.3 is 9.84 Å². The molecule has 1 heterocycles. The quantitative estimate of drug-likeness (QED) is 0.790. The van der Waals surface area contributed by atoms with Crippen LogP contribution in [-0.4, -0.2) is 22.2 Å². The summed E-state index contributed by atoms with van der Waals surface area (Å²) >= 11 is 0. The summed E-state index contributed by atoms with van der Waals surface area (Å²) in [5, 5.41) is 8.98. The molecule has 0 aliphatic rings. The Morgan fingerprint density at radius 3 is 2.71 bits per heavy atom. The molecule has 0 radical (unpaired) electrons. The third kappa shape index (κ3) is 2.49. The van der Waals surface area contributed by atoms with Crippen molar-refractivity contribution >= 4 is 0 Å². The van der Waals surface area contributed by atoms with Crippen LogP contribution in [0.4, 0.5) is 0 Å². The summed E-state index contributed by atoms with van der Waals surface area (Å²) in [6.07, 6.45) is 0.741. The fourth-order valence-corrected chi connectivity index (χ4v) is 1.34. The van der Waals surface area contributed by atoms with E-state index in [1.807, 2.05) is 13.8 Å². The Balaban J connectivity index is 3.01. The average molecular weight is 196 g/mol. The molecule has 0 amide bonds. The third-order valence-electron chi connectivity index (χ3n) is 2.03. The van der Waals surface area contributed by atoms with E-state index >= 15 is 0 Å². The molecule has 4 heteroatoms. The molecule has 0 spiro atoms. The summed E-state index contributed by atoms with van der Waals surface area (Å²) < 4.78 is 5.23. The minimum atomic E-state index is -0.0831. The lowest BCUT2D eigenvalue weighted by atomic mass is 10.2. The van der Waals surface area contributed by atoms with E-state index < -0.39 is 0 Å². The molecule has 0 bridgehead atoms. The van der Waals surface area contributed by atoms with Gasteiger partial charge in [0, 0.05) is 12.8 Å². The van der Waals surface area contributed by atoms with Crippen molar-refractivity contribution in [3.8, 4) is 0 Å². The molecular weight excluding hydrogens is 180 g/mol. The molecule has 1 N–H and O–H groups in total. The van der Waals surface area contributed by atoms with Crippen molar-refractivity contribution in [1.29, 1.82) is 0 Å². The highest BCUT2D eigenvalue weighted by atomic mass is 16.5. The highest BCUT2D eigenvalue weighted by Gasteiger charge is 2.12. The van der Waals surface area contributed by atoms with Crippen molar-refractivity contribution in [2.45, 2.75) is 33.0 Å². The third-order valence-corrected chi connectivity index (χ3v) is 2.03. The lowest BCUT2D eigenvalue weighted by Crippen LogP contribution is -2.08. The van der Waals surface area contributed by atoms with Gasteiger partial charge in [-0.15, -0.1) is 0 Å². The van der Waals surface area contributed by atoms with Crippen molar-refractivity contribution in [2.75, 3.05) is 7.11 Å². The number of hydrogen-bond acceptors (Lipinski definition) is 4. The average Bonchev–Trinajstić information content (AvgIpc) is 2.19. The van der Waals surface area contributed by atoms with E-state index in [1.165, 1.54) is 0 Å². The largest absolute Gasteiger partial charge is 0.390 e. The van der Waals surface area contributed by atoms with E-state index in [1.54, 1.807) is 13.2 Å². The zero-order valence-electron chi connectivity index (χ0n) is 8.82. The van der Waals surface area contributed by atoms with Gasteiger partial charge in [-0.05, 0) is 19.4 Å². The van der Waals surface area contributed by atoms with Crippen molar-refractivity contribution in [3.05, 3.63) is 23.3 Å². The number of ether oxygens (including phenoxy) is 1. The highest BCUT2D eigenvalue weighted by Crippen LogP contribution is 2.16. The monoisotopic (exact) mass is 196 g/mol. The van der Waals surface area contributed by atoms with Gasteiger partial charge in [0.15, 0.2) is 5.82 Å². The van der Waals surface area contributed by atoms with Gasteiger partial charge in [-0.3, -0.25) is 0 Å². The van der Waals surface area contributed by atoms with E-state index in [2.05, 4.69) is 9.97 Å². The van der Waals surface area contributed by atoms with Crippen LogP contribution >= 0.6 is 0 Å². The first-order valence-electron chi connectivity index (χ1n) is 4.69. The molecule has 1 unspecified atom stereocenters. The van der Waals surface area contributed by atoms with Gasteiger partial charge in [-0.2, -0.15) is 0 Å². The van der Waals surface area contributed by atoms with Crippen LogP contribution in [0.15, 0.2) is 6.07 Å². The summed E-state index contributed by atoms with van der Waals surface area (Å²) in [5.74, 6) is 0.652. The maximum absolute atomic E-state index is 8.98. The van der Waals surface area contributed by atoms with E-state index in [0.717, 1.165) is 12.1 Å². The standard InChI is InChI=1S/C10H16N2O2/c1-4-9(14-3)10-11-7(2)5-8(6-13)12-10/h5,9,13H,4,6H2,1-3H3. The van der Waals surface area contributed by atoms with Crippen LogP contribution in [0.5, 0.6) is 0 Å². The summed E-state index contributed by atoms with van der Waals surface area (Å²) in [7, 11) is 1.64. The number of rotatable bonds is 4. The van der Waals surface area contributed by atoms with Gasteiger partial charge in [-0.1, -0.05) is 6.92 Å². The molecule has 0 aromatic carbocycles. The van der Waals surface area contributed by atoms with Crippen molar-refractivity contribution in [3.63, 3.8) is 0 Å². The highest BCUT2D eigenvalue weighted by molar-refractivity contribution is 5.10. The van der Waals surface area contributed by atoms with E-state index in [0.29, 0.717) is 11.5 Å². The lowest BCUT2D eigenvalue weighted by molar-refractivity contribution is 0.0919. The molecule has 0 fully saturated rings. The SMILES string of the molecule is CCC(OC)c1nc(C)cc(CO)n1. The molecular formula is C10H16N2O2. The van der Waals surface area contributed by atoms with Crippen LogP contribution in [-0.2, 0) is 11.3 Å². The first-order valence-corrected chi connectivity index (χ1v) is 4.69. The summed E-state index contributed by atoms with van der Waals surface area (Å²) in [5.41, 5.74) is 1.50. The van der Waals surface area contributed by atoms with Gasteiger partial charge >= 0.3 is 0 Å². The number of methoxy groups -OCH3 is 1. The zero-order chi connectivity index (χ0) is 10.6. The Bertz CT molecular complexity index is 298. The van der Waals surface area contributed by atoms with Crippen LogP contribution in [0, 0.1) is 6.92 Å². The van der Waals surface area contributed by atoms with Crippen molar-refractivity contribution in [2.24, 2.45) is 0 Å². The molecule has 14 heavy (non-hydrogen) atoms. The Morgan fingerprint density at radius 2 is 2.21 bits per heavy atom. The molecule has 0 saturated carbocycles. The number of aromatic nitrogens is 2. The van der Waals surface area contributed by atoms with Crippen molar-refractivity contribution < 1.29 is 9.84 Å². The molecule has 0 aliphatic carbocycles. The molecule has 78 valence electrons. The number of aliphatic hydroxyl groups excluding tert-OH is 1. The maximum Gasteiger partial charge on any atom is 0.157 e. The number of aliphatic hydroxyl groups is 1. The van der Waals surface area contributed by atoms with Crippen LogP contribution < -0.4 is 0 Å².